The maximum absolute atomic E-state index is 14.7. The molecule has 0 bridgehead atoms. The van der Waals surface area contributed by atoms with Crippen molar-refractivity contribution >= 4 is 29.2 Å². The molecule has 3 amide bonds. The van der Waals surface area contributed by atoms with Crippen molar-refractivity contribution in [3.05, 3.63) is 113 Å². The van der Waals surface area contributed by atoms with Crippen molar-refractivity contribution in [2.75, 3.05) is 20.1 Å². The Bertz CT molecular complexity index is 1770. The van der Waals surface area contributed by atoms with Crippen LogP contribution in [-0.2, 0) is 20.9 Å². The molecule has 2 N–H and O–H groups in total. The van der Waals surface area contributed by atoms with E-state index in [0.717, 1.165) is 38.0 Å². The summed E-state index contributed by atoms with van der Waals surface area (Å²) in [5, 5.41) is 6.84. The van der Waals surface area contributed by atoms with Crippen LogP contribution in [0.1, 0.15) is 44.2 Å². The average Bonchev–Trinajstić information content (AvgIpc) is 3.86. The molecular formula is C39H43N5O4S. The molecule has 0 radical (unpaired) electrons. The van der Waals surface area contributed by atoms with E-state index in [0.29, 0.717) is 13.1 Å². The smallest absolute Gasteiger partial charge is 0.414 e. The van der Waals surface area contributed by atoms with E-state index in [1.54, 1.807) is 42.0 Å². The minimum atomic E-state index is -1.19. The summed E-state index contributed by atoms with van der Waals surface area (Å²) < 4.78 is 5.83. The van der Waals surface area contributed by atoms with E-state index in [2.05, 4.69) is 22.8 Å². The molecule has 254 valence electrons. The molecule has 2 aliphatic heterocycles. The van der Waals surface area contributed by atoms with Gasteiger partial charge in [-0.15, -0.1) is 11.3 Å². The third-order valence-corrected chi connectivity index (χ3v) is 11.0. The summed E-state index contributed by atoms with van der Waals surface area (Å²) in [7, 11) is 1.71. The van der Waals surface area contributed by atoms with Gasteiger partial charge in [-0.2, -0.15) is 0 Å². The number of fused-ring (bicyclic) bond motifs is 1. The monoisotopic (exact) mass is 677 g/mol. The van der Waals surface area contributed by atoms with Gasteiger partial charge in [-0.05, 0) is 44.0 Å². The average molecular weight is 678 g/mol. The van der Waals surface area contributed by atoms with Gasteiger partial charge in [0.25, 0.3) is 0 Å². The second kappa shape index (κ2) is 14.4. The summed E-state index contributed by atoms with van der Waals surface area (Å²) in [4.78, 5) is 51.3. The van der Waals surface area contributed by atoms with Gasteiger partial charge in [0.15, 0.2) is 0 Å². The lowest BCUT2D eigenvalue weighted by molar-refractivity contribution is -0.144. The van der Waals surface area contributed by atoms with Gasteiger partial charge < -0.3 is 20.3 Å². The highest BCUT2D eigenvalue weighted by Gasteiger charge is 2.53. The van der Waals surface area contributed by atoms with Crippen molar-refractivity contribution in [3.8, 4) is 21.7 Å². The molecule has 2 aliphatic rings. The largest absolute Gasteiger partial charge is 0.444 e. The Balaban J connectivity index is 1.39. The summed E-state index contributed by atoms with van der Waals surface area (Å²) in [5.41, 5.74) is 3.31. The van der Waals surface area contributed by atoms with Crippen LogP contribution < -0.4 is 10.6 Å². The number of benzene rings is 3. The molecule has 4 unspecified atom stereocenters. The molecule has 3 heterocycles. The highest BCUT2D eigenvalue weighted by molar-refractivity contribution is 7.15. The number of aromatic nitrogens is 1. The summed E-state index contributed by atoms with van der Waals surface area (Å²) in [6, 6.07) is 28.9. The number of hydrogen-bond donors (Lipinski definition) is 2. The van der Waals surface area contributed by atoms with Gasteiger partial charge in [0.05, 0.1) is 28.6 Å². The molecule has 4 atom stereocenters. The Morgan fingerprint density at radius 3 is 2.16 bits per heavy atom. The predicted octanol–water partition coefficient (Wildman–Crippen LogP) is 6.45. The Hall–Kier alpha value is -4.80. The van der Waals surface area contributed by atoms with E-state index in [9.17, 15) is 14.4 Å². The van der Waals surface area contributed by atoms with E-state index in [1.807, 2.05) is 98.8 Å². The molecule has 1 aromatic heterocycles. The molecule has 6 rings (SSSR count). The lowest BCUT2D eigenvalue weighted by Gasteiger charge is -2.40. The lowest BCUT2D eigenvalue weighted by atomic mass is 9.85. The Labute approximate surface area is 292 Å². The van der Waals surface area contributed by atoms with Gasteiger partial charge in [0.1, 0.15) is 17.2 Å². The Kier molecular flexibility index (Phi) is 9.99. The molecule has 0 spiro atoms. The Morgan fingerprint density at radius 2 is 1.55 bits per heavy atom. The number of likely N-dealkylation sites (tertiary alicyclic amines) is 1. The maximum atomic E-state index is 14.7. The topological polar surface area (TPSA) is 104 Å². The zero-order chi connectivity index (χ0) is 34.7. The van der Waals surface area contributed by atoms with Crippen LogP contribution >= 0.6 is 11.3 Å². The zero-order valence-electron chi connectivity index (χ0n) is 28.6. The fourth-order valence-corrected chi connectivity index (χ4v) is 7.61. The van der Waals surface area contributed by atoms with E-state index < -0.39 is 23.7 Å². The summed E-state index contributed by atoms with van der Waals surface area (Å²) in [5.74, 6) is -0.996. The molecule has 9 nitrogen and oxygen atoms in total. The van der Waals surface area contributed by atoms with Crippen molar-refractivity contribution in [1.29, 1.82) is 0 Å². The van der Waals surface area contributed by atoms with Crippen LogP contribution in [-0.4, -0.2) is 70.5 Å². The van der Waals surface area contributed by atoms with Crippen molar-refractivity contribution in [2.45, 2.75) is 57.8 Å². The fourth-order valence-electron chi connectivity index (χ4n) is 6.39. The number of thiazole rings is 1. The second-order valence-corrected chi connectivity index (χ2v) is 14.1. The molecule has 0 aliphatic carbocycles. The van der Waals surface area contributed by atoms with Gasteiger partial charge in [0, 0.05) is 24.4 Å². The number of nitrogens with one attached hydrogen (secondary N) is 2. The van der Waals surface area contributed by atoms with Crippen LogP contribution in [0.3, 0.4) is 0 Å². The molecule has 49 heavy (non-hydrogen) atoms. The van der Waals surface area contributed by atoms with Gasteiger partial charge in [-0.3, -0.25) is 14.5 Å². The maximum Gasteiger partial charge on any atom is 0.414 e. The molecule has 10 heteroatoms. The third-order valence-electron chi connectivity index (χ3n) is 9.75. The zero-order valence-corrected chi connectivity index (χ0v) is 29.4. The normalized spacial score (nSPS) is 18.9. The highest BCUT2D eigenvalue weighted by atomic mass is 32.1. The highest BCUT2D eigenvalue weighted by Crippen LogP contribution is 2.47. The third kappa shape index (κ3) is 6.75. The van der Waals surface area contributed by atoms with E-state index in [-0.39, 0.29) is 30.3 Å². The molecule has 3 aromatic carbocycles. The number of ether oxygens (including phenoxy) is 1. The van der Waals surface area contributed by atoms with Gasteiger partial charge in [-0.25, -0.2) is 9.78 Å². The predicted molar refractivity (Wildman–Crippen MR) is 193 cm³/mol. The minimum Gasteiger partial charge on any atom is -0.444 e. The quantitative estimate of drug-likeness (QED) is 0.200. The van der Waals surface area contributed by atoms with Crippen LogP contribution in [0, 0.1) is 5.92 Å². The molecule has 0 saturated carbocycles. The Morgan fingerprint density at radius 1 is 0.939 bits per heavy atom. The van der Waals surface area contributed by atoms with Crippen molar-refractivity contribution in [2.24, 2.45) is 5.92 Å². The molecule has 1 fully saturated rings. The first-order valence-electron chi connectivity index (χ1n) is 16.7. The summed E-state index contributed by atoms with van der Waals surface area (Å²) in [6.07, 6.45) is 1.47. The van der Waals surface area contributed by atoms with Crippen molar-refractivity contribution < 1.29 is 19.1 Å². The molecule has 4 aromatic rings. The molecule has 1 saturated heterocycles. The van der Waals surface area contributed by atoms with Crippen molar-refractivity contribution in [1.82, 2.24) is 25.4 Å². The number of likely N-dealkylation sites (N-methyl/N-ethyl adjacent to an activating group) is 1. The first kappa shape index (κ1) is 34.1. The van der Waals surface area contributed by atoms with Gasteiger partial charge in [-0.1, -0.05) is 105 Å². The van der Waals surface area contributed by atoms with Crippen LogP contribution in [0.4, 0.5) is 4.79 Å². The van der Waals surface area contributed by atoms with E-state index >= 15 is 0 Å². The van der Waals surface area contributed by atoms with Crippen LogP contribution in [0.15, 0.2) is 103 Å². The molecular weight excluding hydrogens is 635 g/mol. The van der Waals surface area contributed by atoms with E-state index in [4.69, 9.17) is 9.72 Å². The van der Waals surface area contributed by atoms with E-state index in [1.165, 1.54) is 0 Å². The number of nitrogens with zero attached hydrogens (tertiary/aromatic N) is 3. The van der Waals surface area contributed by atoms with Crippen LogP contribution in [0.2, 0.25) is 0 Å². The number of carbonyl (C=O) groups excluding carboxylic acids is 3. The standard InChI is InChI=1S/C39H43N5O4S/c1-25(2)39(4,42-35(45)26(3)40-5)37(46)43-22-21-31-33(43)30(23-44(31)38(47)48-24-27-15-9-6-10-16-27)36-41-32(28-17-11-7-12-18-28)34(49-36)29-19-13-8-14-20-29/h6-21,25-26,30,33,40H,22-24H2,1-5H3,(H,42,45). The first-order chi connectivity index (χ1) is 23.6. The van der Waals surface area contributed by atoms with Crippen LogP contribution in [0.25, 0.3) is 21.7 Å². The van der Waals surface area contributed by atoms with Gasteiger partial charge in [0.2, 0.25) is 11.8 Å². The minimum absolute atomic E-state index is 0.135. The lowest BCUT2D eigenvalue weighted by Crippen LogP contribution is -2.64. The van der Waals surface area contributed by atoms with Gasteiger partial charge >= 0.3 is 6.09 Å². The summed E-state index contributed by atoms with van der Waals surface area (Å²) in [6.45, 7) is 8.15. The second-order valence-electron chi connectivity index (χ2n) is 13.1. The SMILES string of the molecule is CNC(C)C(=O)NC(C)(C(=O)N1CC=C2C1C(c1nc(-c3ccccc3)c(-c3ccccc3)s1)CN2C(=O)OCc1ccccc1)C(C)C. The number of hydrogen-bond acceptors (Lipinski definition) is 7. The number of amides is 3. The van der Waals surface area contributed by atoms with Crippen LogP contribution in [0.5, 0.6) is 0 Å². The number of carbonyl (C=O) groups is 3. The summed E-state index contributed by atoms with van der Waals surface area (Å²) >= 11 is 1.59. The van der Waals surface area contributed by atoms with Crippen molar-refractivity contribution in [3.63, 3.8) is 0 Å². The number of rotatable bonds is 10. The fraction of sp³-hybridized carbons (Fsp3) is 0.333. The first-order valence-corrected chi connectivity index (χ1v) is 17.5.